The zero-order valence-corrected chi connectivity index (χ0v) is 10.6. The van der Waals surface area contributed by atoms with Crippen molar-refractivity contribution >= 4 is 5.95 Å². The minimum atomic E-state index is -0.394. The van der Waals surface area contributed by atoms with Crippen LogP contribution in [0.4, 0.5) is 5.95 Å². The van der Waals surface area contributed by atoms with Crippen molar-refractivity contribution in [3.05, 3.63) is 46.1 Å². The van der Waals surface area contributed by atoms with Gasteiger partial charge in [-0.05, 0) is 24.5 Å². The van der Waals surface area contributed by atoms with E-state index in [9.17, 15) is 4.79 Å². The van der Waals surface area contributed by atoms with E-state index in [0.717, 1.165) is 29.7 Å². The fourth-order valence-corrected chi connectivity index (χ4v) is 2.04. The van der Waals surface area contributed by atoms with E-state index >= 15 is 0 Å². The number of para-hydroxylation sites is 1. The van der Waals surface area contributed by atoms with E-state index in [0.29, 0.717) is 0 Å². The molecular weight excluding hydrogens is 228 g/mol. The molecule has 0 aliphatic carbocycles. The molecule has 0 unspecified atom stereocenters. The Kier molecular flexibility index (Phi) is 3.41. The van der Waals surface area contributed by atoms with Crippen LogP contribution in [0.2, 0.25) is 0 Å². The number of hydrogen-bond acceptors (Lipinski definition) is 4. The molecule has 0 spiro atoms. The molecule has 2 rings (SSSR count). The van der Waals surface area contributed by atoms with Gasteiger partial charge in [-0.1, -0.05) is 31.5 Å². The van der Waals surface area contributed by atoms with Crippen LogP contribution in [0.15, 0.2) is 29.3 Å². The first-order chi connectivity index (χ1) is 8.63. The number of rotatable bonds is 3. The number of nitrogens with two attached hydrogens (primary N) is 1. The molecule has 94 valence electrons. The Hall–Kier alpha value is -2.17. The van der Waals surface area contributed by atoms with E-state index in [4.69, 9.17) is 5.73 Å². The summed E-state index contributed by atoms with van der Waals surface area (Å²) in [6.07, 6.45) is 3.36. The van der Waals surface area contributed by atoms with Gasteiger partial charge in [0.05, 0.1) is 5.69 Å². The summed E-state index contributed by atoms with van der Waals surface area (Å²) >= 11 is 0. The molecule has 0 saturated heterocycles. The molecule has 5 nitrogen and oxygen atoms in total. The lowest BCUT2D eigenvalue weighted by Crippen LogP contribution is -2.24. The van der Waals surface area contributed by atoms with Gasteiger partial charge >= 0.3 is 5.69 Å². The lowest BCUT2D eigenvalue weighted by molar-refractivity contribution is 0.831. The van der Waals surface area contributed by atoms with Crippen LogP contribution in [-0.2, 0) is 6.42 Å². The Bertz CT molecular complexity index is 619. The van der Waals surface area contributed by atoms with Gasteiger partial charge in [0.1, 0.15) is 6.33 Å². The molecule has 0 aliphatic heterocycles. The summed E-state index contributed by atoms with van der Waals surface area (Å²) in [5, 5.41) is 0. The van der Waals surface area contributed by atoms with Crippen LogP contribution in [0, 0.1) is 6.92 Å². The Morgan fingerprint density at radius 2 is 2.17 bits per heavy atom. The zero-order valence-electron chi connectivity index (χ0n) is 10.6. The first kappa shape index (κ1) is 12.3. The van der Waals surface area contributed by atoms with Crippen molar-refractivity contribution in [3.8, 4) is 5.69 Å². The van der Waals surface area contributed by atoms with Crippen molar-refractivity contribution in [2.75, 3.05) is 5.73 Å². The molecule has 0 aliphatic rings. The summed E-state index contributed by atoms with van der Waals surface area (Å²) in [6.45, 7) is 4.08. The van der Waals surface area contributed by atoms with Crippen LogP contribution in [-0.4, -0.2) is 14.5 Å². The Labute approximate surface area is 105 Å². The highest BCUT2D eigenvalue weighted by molar-refractivity contribution is 5.47. The van der Waals surface area contributed by atoms with Crippen LogP contribution in [0.25, 0.3) is 5.69 Å². The van der Waals surface area contributed by atoms with Crippen molar-refractivity contribution in [2.24, 2.45) is 0 Å². The minimum Gasteiger partial charge on any atom is -0.368 e. The quantitative estimate of drug-likeness (QED) is 0.887. The standard InChI is InChI=1S/C13H16N4O/c1-3-5-10-7-4-6-9(2)11(10)17-8-15-12(14)16-13(17)18/h4,6-8H,3,5H2,1-2H3,(H2,14,16,18). The van der Waals surface area contributed by atoms with E-state index in [1.54, 1.807) is 0 Å². The number of hydrogen-bond donors (Lipinski definition) is 1. The smallest absolute Gasteiger partial charge is 0.356 e. The third-order valence-electron chi connectivity index (χ3n) is 2.80. The van der Waals surface area contributed by atoms with E-state index < -0.39 is 5.69 Å². The first-order valence-electron chi connectivity index (χ1n) is 5.93. The summed E-state index contributed by atoms with van der Waals surface area (Å²) in [5.74, 6) is 0.00174. The van der Waals surface area contributed by atoms with Crippen molar-refractivity contribution in [1.82, 2.24) is 14.5 Å². The van der Waals surface area contributed by atoms with Gasteiger partial charge in [-0.25, -0.2) is 9.78 Å². The second-order valence-corrected chi connectivity index (χ2v) is 4.20. The highest BCUT2D eigenvalue weighted by Crippen LogP contribution is 2.19. The van der Waals surface area contributed by atoms with Gasteiger partial charge in [0.2, 0.25) is 5.95 Å². The van der Waals surface area contributed by atoms with E-state index in [2.05, 4.69) is 16.9 Å². The molecule has 1 aromatic heterocycles. The number of benzene rings is 1. The zero-order chi connectivity index (χ0) is 13.1. The lowest BCUT2D eigenvalue weighted by atomic mass is 10.0. The summed E-state index contributed by atoms with van der Waals surface area (Å²) in [6, 6.07) is 5.99. The molecular formula is C13H16N4O. The van der Waals surface area contributed by atoms with Gasteiger partial charge in [0.15, 0.2) is 0 Å². The normalized spacial score (nSPS) is 10.6. The Morgan fingerprint density at radius 3 is 2.83 bits per heavy atom. The number of nitrogens with zero attached hydrogens (tertiary/aromatic N) is 3. The summed E-state index contributed by atoms with van der Waals surface area (Å²) in [7, 11) is 0. The Morgan fingerprint density at radius 1 is 1.39 bits per heavy atom. The number of anilines is 1. The van der Waals surface area contributed by atoms with Crippen molar-refractivity contribution < 1.29 is 0 Å². The molecule has 18 heavy (non-hydrogen) atoms. The van der Waals surface area contributed by atoms with Gasteiger partial charge in [-0.15, -0.1) is 0 Å². The van der Waals surface area contributed by atoms with Crippen LogP contribution < -0.4 is 11.4 Å². The highest BCUT2D eigenvalue weighted by atomic mass is 16.1. The molecule has 0 radical (unpaired) electrons. The van der Waals surface area contributed by atoms with E-state index in [1.165, 1.54) is 10.9 Å². The molecule has 1 heterocycles. The van der Waals surface area contributed by atoms with Gasteiger partial charge < -0.3 is 5.73 Å². The maximum Gasteiger partial charge on any atom is 0.356 e. The van der Waals surface area contributed by atoms with E-state index in [1.807, 2.05) is 25.1 Å². The van der Waals surface area contributed by atoms with Gasteiger partial charge in [-0.3, -0.25) is 4.57 Å². The van der Waals surface area contributed by atoms with Crippen LogP contribution >= 0.6 is 0 Å². The lowest BCUT2D eigenvalue weighted by Gasteiger charge is -2.13. The Balaban J connectivity index is 2.66. The predicted octanol–water partition coefficient (Wildman–Crippen LogP) is 1.47. The molecule has 2 aromatic rings. The SMILES string of the molecule is CCCc1cccc(C)c1-n1cnc(N)nc1=O. The van der Waals surface area contributed by atoms with Crippen LogP contribution in [0.5, 0.6) is 0 Å². The topological polar surface area (TPSA) is 73.8 Å². The summed E-state index contributed by atoms with van der Waals surface area (Å²) < 4.78 is 1.46. The summed E-state index contributed by atoms with van der Waals surface area (Å²) in [5.41, 5.74) is 8.02. The maximum atomic E-state index is 11.9. The first-order valence-corrected chi connectivity index (χ1v) is 5.93. The monoisotopic (exact) mass is 244 g/mol. The minimum absolute atomic E-state index is 0.00174. The average Bonchev–Trinajstić information content (AvgIpc) is 2.31. The second kappa shape index (κ2) is 5.00. The molecule has 0 amide bonds. The molecule has 1 aromatic carbocycles. The predicted molar refractivity (Wildman–Crippen MR) is 70.8 cm³/mol. The fraction of sp³-hybridized carbons (Fsp3) is 0.308. The number of aryl methyl sites for hydroxylation is 2. The van der Waals surface area contributed by atoms with Gasteiger partial charge in [0, 0.05) is 0 Å². The highest BCUT2D eigenvalue weighted by Gasteiger charge is 2.10. The van der Waals surface area contributed by atoms with Crippen molar-refractivity contribution in [1.29, 1.82) is 0 Å². The van der Waals surface area contributed by atoms with E-state index in [-0.39, 0.29) is 5.95 Å². The van der Waals surface area contributed by atoms with Crippen molar-refractivity contribution in [3.63, 3.8) is 0 Å². The average molecular weight is 244 g/mol. The molecule has 0 bridgehead atoms. The summed E-state index contributed by atoms with van der Waals surface area (Å²) in [4.78, 5) is 19.4. The number of aromatic nitrogens is 3. The molecule has 0 atom stereocenters. The largest absolute Gasteiger partial charge is 0.368 e. The molecule has 2 N–H and O–H groups in total. The third kappa shape index (κ3) is 2.25. The van der Waals surface area contributed by atoms with Gasteiger partial charge in [0.25, 0.3) is 0 Å². The number of nitrogen functional groups attached to an aromatic ring is 1. The van der Waals surface area contributed by atoms with Gasteiger partial charge in [-0.2, -0.15) is 4.98 Å². The third-order valence-corrected chi connectivity index (χ3v) is 2.80. The van der Waals surface area contributed by atoms with Crippen LogP contribution in [0.3, 0.4) is 0 Å². The fourth-order valence-electron chi connectivity index (χ4n) is 2.04. The molecule has 0 fully saturated rings. The molecule has 5 heteroatoms. The van der Waals surface area contributed by atoms with Crippen LogP contribution in [0.1, 0.15) is 24.5 Å². The van der Waals surface area contributed by atoms with Crippen molar-refractivity contribution in [2.45, 2.75) is 26.7 Å². The molecule has 0 saturated carbocycles. The maximum absolute atomic E-state index is 11.9. The second-order valence-electron chi connectivity index (χ2n) is 4.20.